The summed E-state index contributed by atoms with van der Waals surface area (Å²) in [5.41, 5.74) is 1.12. The number of halogens is 1. The number of para-hydroxylation sites is 1. The molecule has 6 nitrogen and oxygen atoms in total. The molecule has 0 atom stereocenters. The van der Waals surface area contributed by atoms with E-state index >= 15 is 0 Å². The lowest BCUT2D eigenvalue weighted by molar-refractivity contribution is -0.130. The van der Waals surface area contributed by atoms with Crippen molar-refractivity contribution < 1.29 is 9.53 Å². The van der Waals surface area contributed by atoms with Gasteiger partial charge in [-0.3, -0.25) is 9.79 Å². The molecule has 0 aromatic heterocycles. The minimum absolute atomic E-state index is 0. The van der Waals surface area contributed by atoms with Crippen LogP contribution >= 0.6 is 24.0 Å². The molecule has 0 aliphatic heterocycles. The van der Waals surface area contributed by atoms with Crippen LogP contribution in [0.2, 0.25) is 0 Å². The molecule has 2 rings (SSSR count). The molecular weight excluding hydrogens is 467 g/mol. The monoisotopic (exact) mass is 496 g/mol. The highest BCUT2D eigenvalue weighted by Gasteiger charge is 2.12. The maximum Gasteiger partial charge on any atom is 0.242 e. The highest BCUT2D eigenvalue weighted by atomic mass is 127. The first-order valence-corrected chi connectivity index (χ1v) is 9.17. The van der Waals surface area contributed by atoms with Crippen LogP contribution in [-0.2, 0) is 11.3 Å². The molecule has 28 heavy (non-hydrogen) atoms. The zero-order valence-corrected chi connectivity index (χ0v) is 18.8. The first-order valence-electron chi connectivity index (χ1n) is 9.17. The normalized spacial score (nSPS) is 10.6. The highest BCUT2D eigenvalue weighted by Crippen LogP contribution is 2.07. The van der Waals surface area contributed by atoms with E-state index in [9.17, 15) is 4.79 Å². The second-order valence-electron chi connectivity index (χ2n) is 5.91. The number of carbonyl (C=O) groups excluding carboxylic acids is 1. The predicted octanol–water partition coefficient (Wildman–Crippen LogP) is 2.90. The molecule has 0 saturated carbocycles. The topological polar surface area (TPSA) is 66.0 Å². The van der Waals surface area contributed by atoms with Gasteiger partial charge in [0, 0.05) is 20.1 Å². The average Bonchev–Trinajstić information content (AvgIpc) is 2.72. The van der Waals surface area contributed by atoms with E-state index in [1.54, 1.807) is 7.05 Å². The van der Waals surface area contributed by atoms with Crippen molar-refractivity contribution in [2.75, 3.05) is 33.3 Å². The maximum absolute atomic E-state index is 12.5. The van der Waals surface area contributed by atoms with Gasteiger partial charge in [0.25, 0.3) is 0 Å². The van der Waals surface area contributed by atoms with E-state index < -0.39 is 0 Å². The standard InChI is InChI=1S/C21H28N4O2.HI/c1-3-25(17-18-10-6-4-7-11-18)20(26)16-24-21(22-2)23-14-15-27-19-12-8-5-9-13-19;/h4-13H,3,14-17H2,1-2H3,(H2,22,23,24);1H. The third-order valence-corrected chi connectivity index (χ3v) is 3.99. The Morgan fingerprint density at radius 2 is 1.68 bits per heavy atom. The molecule has 152 valence electrons. The highest BCUT2D eigenvalue weighted by molar-refractivity contribution is 14.0. The van der Waals surface area contributed by atoms with Gasteiger partial charge in [0.15, 0.2) is 5.96 Å². The largest absolute Gasteiger partial charge is 0.492 e. The van der Waals surface area contributed by atoms with Crippen molar-refractivity contribution in [2.45, 2.75) is 13.5 Å². The summed E-state index contributed by atoms with van der Waals surface area (Å²) >= 11 is 0. The maximum atomic E-state index is 12.5. The quantitative estimate of drug-likeness (QED) is 0.243. The van der Waals surface area contributed by atoms with E-state index in [4.69, 9.17) is 4.74 Å². The molecule has 0 heterocycles. The van der Waals surface area contributed by atoms with Gasteiger partial charge in [-0.1, -0.05) is 48.5 Å². The van der Waals surface area contributed by atoms with Crippen LogP contribution in [-0.4, -0.2) is 50.1 Å². The van der Waals surface area contributed by atoms with Gasteiger partial charge in [-0.05, 0) is 24.6 Å². The first kappa shape index (κ1) is 23.7. The summed E-state index contributed by atoms with van der Waals surface area (Å²) in [4.78, 5) is 18.4. The molecule has 0 aliphatic rings. The van der Waals surface area contributed by atoms with E-state index in [0.717, 1.165) is 11.3 Å². The van der Waals surface area contributed by atoms with Crippen LogP contribution < -0.4 is 15.4 Å². The van der Waals surface area contributed by atoms with Crippen LogP contribution in [0.5, 0.6) is 5.75 Å². The van der Waals surface area contributed by atoms with Gasteiger partial charge in [0.2, 0.25) is 5.91 Å². The van der Waals surface area contributed by atoms with Gasteiger partial charge < -0.3 is 20.3 Å². The van der Waals surface area contributed by atoms with Crippen molar-refractivity contribution >= 4 is 35.8 Å². The number of likely N-dealkylation sites (N-methyl/N-ethyl adjacent to an activating group) is 1. The molecule has 0 bridgehead atoms. The number of amides is 1. The molecule has 2 aromatic rings. The summed E-state index contributed by atoms with van der Waals surface area (Å²) in [5, 5.41) is 6.21. The van der Waals surface area contributed by atoms with Gasteiger partial charge in [-0.2, -0.15) is 0 Å². The first-order chi connectivity index (χ1) is 13.2. The van der Waals surface area contributed by atoms with Crippen molar-refractivity contribution in [1.29, 1.82) is 0 Å². The number of nitrogens with zero attached hydrogens (tertiary/aromatic N) is 2. The summed E-state index contributed by atoms with van der Waals surface area (Å²) in [6.45, 7) is 4.54. The smallest absolute Gasteiger partial charge is 0.242 e. The van der Waals surface area contributed by atoms with Crippen molar-refractivity contribution in [1.82, 2.24) is 15.5 Å². The van der Waals surface area contributed by atoms with Gasteiger partial charge >= 0.3 is 0 Å². The van der Waals surface area contributed by atoms with Gasteiger partial charge in [0.1, 0.15) is 12.4 Å². The van der Waals surface area contributed by atoms with E-state index in [1.807, 2.05) is 72.5 Å². The number of nitrogens with one attached hydrogen (secondary N) is 2. The Kier molecular flexibility index (Phi) is 11.7. The Balaban J connectivity index is 0.00000392. The third-order valence-electron chi connectivity index (χ3n) is 3.99. The minimum Gasteiger partial charge on any atom is -0.492 e. The van der Waals surface area contributed by atoms with Crippen LogP contribution in [0, 0.1) is 0 Å². The lowest BCUT2D eigenvalue weighted by Crippen LogP contribution is -2.45. The van der Waals surface area contributed by atoms with Crippen LogP contribution in [0.3, 0.4) is 0 Å². The summed E-state index contributed by atoms with van der Waals surface area (Å²) in [5.74, 6) is 1.44. The van der Waals surface area contributed by atoms with Crippen molar-refractivity contribution in [3.8, 4) is 5.75 Å². The zero-order chi connectivity index (χ0) is 19.3. The van der Waals surface area contributed by atoms with Gasteiger partial charge in [-0.25, -0.2) is 0 Å². The lowest BCUT2D eigenvalue weighted by atomic mass is 10.2. The fraction of sp³-hybridized carbons (Fsp3) is 0.333. The predicted molar refractivity (Wildman–Crippen MR) is 124 cm³/mol. The number of benzene rings is 2. The van der Waals surface area contributed by atoms with Gasteiger partial charge in [0.05, 0.1) is 13.1 Å². The third kappa shape index (κ3) is 8.60. The molecule has 0 aliphatic carbocycles. The minimum atomic E-state index is 0. The molecular formula is C21H29IN4O2. The fourth-order valence-corrected chi connectivity index (χ4v) is 2.53. The van der Waals surface area contributed by atoms with Crippen LogP contribution in [0.4, 0.5) is 0 Å². The number of rotatable bonds is 9. The van der Waals surface area contributed by atoms with Crippen LogP contribution in [0.25, 0.3) is 0 Å². The average molecular weight is 496 g/mol. The van der Waals surface area contributed by atoms with Gasteiger partial charge in [-0.15, -0.1) is 24.0 Å². The molecule has 0 radical (unpaired) electrons. The lowest BCUT2D eigenvalue weighted by Gasteiger charge is -2.22. The van der Waals surface area contributed by atoms with E-state index in [0.29, 0.717) is 32.2 Å². The number of aliphatic imine (C=N–C) groups is 1. The number of guanidine groups is 1. The molecule has 0 spiro atoms. The Morgan fingerprint density at radius 1 is 1.04 bits per heavy atom. The fourth-order valence-electron chi connectivity index (χ4n) is 2.53. The van der Waals surface area contributed by atoms with Crippen LogP contribution in [0.15, 0.2) is 65.7 Å². The molecule has 2 aromatic carbocycles. The van der Waals surface area contributed by atoms with E-state index in [1.165, 1.54) is 0 Å². The molecule has 0 unspecified atom stereocenters. The number of hydrogen-bond acceptors (Lipinski definition) is 3. The van der Waals surface area contributed by atoms with Crippen molar-refractivity contribution in [3.63, 3.8) is 0 Å². The summed E-state index contributed by atoms with van der Waals surface area (Å²) in [6, 6.07) is 19.6. The molecule has 7 heteroatoms. The SMILES string of the molecule is CCN(Cc1ccccc1)C(=O)CNC(=NC)NCCOc1ccccc1.I. The Hall–Kier alpha value is -2.29. The Bertz CT molecular complexity index is 711. The molecule has 0 fully saturated rings. The summed E-state index contributed by atoms with van der Waals surface area (Å²) < 4.78 is 5.63. The molecule has 0 saturated heterocycles. The van der Waals surface area contributed by atoms with E-state index in [-0.39, 0.29) is 36.4 Å². The zero-order valence-electron chi connectivity index (χ0n) is 16.4. The number of hydrogen-bond donors (Lipinski definition) is 2. The Labute approximate surface area is 184 Å². The summed E-state index contributed by atoms with van der Waals surface area (Å²) in [6.07, 6.45) is 0. The van der Waals surface area contributed by atoms with E-state index in [2.05, 4.69) is 15.6 Å². The second kappa shape index (κ2) is 13.8. The number of ether oxygens (including phenoxy) is 1. The molecule has 1 amide bonds. The second-order valence-corrected chi connectivity index (χ2v) is 5.91. The van der Waals surface area contributed by atoms with Crippen molar-refractivity contribution in [2.24, 2.45) is 4.99 Å². The molecule has 2 N–H and O–H groups in total. The summed E-state index contributed by atoms with van der Waals surface area (Å²) in [7, 11) is 1.68. The number of carbonyl (C=O) groups is 1. The Morgan fingerprint density at radius 3 is 2.29 bits per heavy atom. The van der Waals surface area contributed by atoms with Crippen LogP contribution in [0.1, 0.15) is 12.5 Å². The van der Waals surface area contributed by atoms with Crippen molar-refractivity contribution in [3.05, 3.63) is 66.2 Å².